The van der Waals surface area contributed by atoms with Crippen LogP contribution in [0.2, 0.25) is 0 Å². The molecule has 8 nitrogen and oxygen atoms in total. The van der Waals surface area contributed by atoms with Gasteiger partial charge < -0.3 is 19.3 Å². The van der Waals surface area contributed by atoms with Crippen molar-refractivity contribution in [3.05, 3.63) is 47.7 Å². The van der Waals surface area contributed by atoms with Crippen molar-refractivity contribution in [1.82, 2.24) is 24.9 Å². The maximum Gasteiger partial charge on any atom is 0.229 e. The summed E-state index contributed by atoms with van der Waals surface area (Å²) in [6.07, 6.45) is 3.59. The zero-order chi connectivity index (χ0) is 22.0. The SMILES string of the molecule is CC(=O)N(CCc1noc(C(C)C)n1)C1CCN(C(=O)Cc2c[nH]c3ccccc23)C1. The molecule has 164 valence electrons. The van der Waals surface area contributed by atoms with Crippen LogP contribution in [-0.2, 0) is 22.4 Å². The van der Waals surface area contributed by atoms with Crippen molar-refractivity contribution in [2.24, 2.45) is 0 Å². The lowest BCUT2D eigenvalue weighted by Gasteiger charge is -2.27. The third-order valence-corrected chi connectivity index (χ3v) is 5.93. The lowest BCUT2D eigenvalue weighted by atomic mass is 10.1. The number of hydrogen-bond donors (Lipinski definition) is 1. The first-order chi connectivity index (χ1) is 14.9. The first-order valence-corrected chi connectivity index (χ1v) is 10.8. The monoisotopic (exact) mass is 423 g/mol. The number of H-pyrrole nitrogens is 1. The summed E-state index contributed by atoms with van der Waals surface area (Å²) in [5.74, 6) is 1.50. The average Bonchev–Trinajstić information content (AvgIpc) is 3.48. The molecule has 1 fully saturated rings. The summed E-state index contributed by atoms with van der Waals surface area (Å²) < 4.78 is 5.25. The zero-order valence-corrected chi connectivity index (χ0v) is 18.3. The molecular weight excluding hydrogens is 394 g/mol. The summed E-state index contributed by atoms with van der Waals surface area (Å²) in [6.45, 7) is 7.31. The van der Waals surface area contributed by atoms with E-state index in [2.05, 4.69) is 15.1 Å². The summed E-state index contributed by atoms with van der Waals surface area (Å²) in [7, 11) is 0. The molecule has 1 aromatic carbocycles. The van der Waals surface area contributed by atoms with E-state index in [1.165, 1.54) is 0 Å². The number of carbonyl (C=O) groups excluding carboxylic acids is 2. The topological polar surface area (TPSA) is 95.3 Å². The quantitative estimate of drug-likeness (QED) is 0.630. The first kappa shape index (κ1) is 21.1. The van der Waals surface area contributed by atoms with E-state index >= 15 is 0 Å². The van der Waals surface area contributed by atoms with Gasteiger partial charge in [0.05, 0.1) is 12.5 Å². The van der Waals surface area contributed by atoms with Gasteiger partial charge in [-0.2, -0.15) is 4.98 Å². The molecular formula is C23H29N5O3. The Kier molecular flexibility index (Phi) is 6.06. The number of rotatable bonds is 7. The van der Waals surface area contributed by atoms with Gasteiger partial charge in [0.15, 0.2) is 5.82 Å². The number of aromatic nitrogens is 3. The van der Waals surface area contributed by atoms with Gasteiger partial charge in [0, 0.05) is 56.0 Å². The Morgan fingerprint density at radius 2 is 2.13 bits per heavy atom. The minimum absolute atomic E-state index is 0.00325. The van der Waals surface area contributed by atoms with E-state index in [1.54, 1.807) is 6.92 Å². The Hall–Kier alpha value is -3.16. The smallest absolute Gasteiger partial charge is 0.229 e. The Morgan fingerprint density at radius 3 is 2.87 bits per heavy atom. The Bertz CT molecular complexity index is 1070. The van der Waals surface area contributed by atoms with E-state index in [1.807, 2.05) is 54.1 Å². The van der Waals surface area contributed by atoms with E-state index in [0.717, 1.165) is 22.9 Å². The Labute approximate surface area is 181 Å². The highest BCUT2D eigenvalue weighted by Gasteiger charge is 2.32. The van der Waals surface area contributed by atoms with E-state index < -0.39 is 0 Å². The fraction of sp³-hybridized carbons (Fsp3) is 0.478. The second-order valence-corrected chi connectivity index (χ2v) is 8.48. The minimum atomic E-state index is 0.00325. The molecule has 3 heterocycles. The number of fused-ring (bicyclic) bond motifs is 1. The molecule has 1 aliphatic heterocycles. The van der Waals surface area contributed by atoms with Crippen LogP contribution in [0, 0.1) is 0 Å². The van der Waals surface area contributed by atoms with Crippen LogP contribution in [0.25, 0.3) is 10.9 Å². The molecule has 8 heteroatoms. The number of nitrogens with one attached hydrogen (secondary N) is 1. The number of amides is 2. The van der Waals surface area contributed by atoms with E-state index in [9.17, 15) is 9.59 Å². The number of hydrogen-bond acceptors (Lipinski definition) is 5. The molecule has 1 aliphatic rings. The van der Waals surface area contributed by atoms with Crippen molar-refractivity contribution in [2.75, 3.05) is 19.6 Å². The molecule has 2 amide bonds. The van der Waals surface area contributed by atoms with E-state index in [0.29, 0.717) is 44.2 Å². The number of benzene rings is 1. The second-order valence-electron chi connectivity index (χ2n) is 8.48. The van der Waals surface area contributed by atoms with Crippen molar-refractivity contribution in [3.8, 4) is 0 Å². The minimum Gasteiger partial charge on any atom is -0.361 e. The van der Waals surface area contributed by atoms with E-state index in [-0.39, 0.29) is 23.8 Å². The van der Waals surface area contributed by atoms with Crippen LogP contribution in [0.3, 0.4) is 0 Å². The van der Waals surface area contributed by atoms with Crippen LogP contribution in [0.1, 0.15) is 50.4 Å². The number of nitrogens with zero attached hydrogens (tertiary/aromatic N) is 4. The van der Waals surface area contributed by atoms with Gasteiger partial charge in [-0.1, -0.05) is 37.2 Å². The third-order valence-electron chi connectivity index (χ3n) is 5.93. The van der Waals surface area contributed by atoms with Crippen LogP contribution < -0.4 is 0 Å². The molecule has 0 aliphatic carbocycles. The Morgan fingerprint density at radius 1 is 1.32 bits per heavy atom. The molecule has 0 spiro atoms. The van der Waals surface area contributed by atoms with Crippen LogP contribution in [0.4, 0.5) is 0 Å². The number of likely N-dealkylation sites (tertiary alicyclic amines) is 1. The van der Waals surface area contributed by atoms with Crippen molar-refractivity contribution in [1.29, 1.82) is 0 Å². The third kappa shape index (κ3) is 4.62. The Balaban J connectivity index is 1.36. The fourth-order valence-electron chi connectivity index (χ4n) is 4.20. The van der Waals surface area contributed by atoms with Crippen molar-refractivity contribution in [3.63, 3.8) is 0 Å². The van der Waals surface area contributed by atoms with Crippen LogP contribution in [-0.4, -0.2) is 62.4 Å². The molecule has 0 bridgehead atoms. The molecule has 1 saturated heterocycles. The molecule has 1 unspecified atom stereocenters. The summed E-state index contributed by atoms with van der Waals surface area (Å²) >= 11 is 0. The molecule has 1 atom stereocenters. The van der Waals surface area contributed by atoms with Crippen molar-refractivity contribution < 1.29 is 14.1 Å². The summed E-state index contributed by atoms with van der Waals surface area (Å²) in [5.41, 5.74) is 2.04. The maximum absolute atomic E-state index is 12.9. The van der Waals surface area contributed by atoms with Gasteiger partial charge in [0.25, 0.3) is 0 Å². The average molecular weight is 424 g/mol. The summed E-state index contributed by atoms with van der Waals surface area (Å²) in [6, 6.07) is 8.01. The van der Waals surface area contributed by atoms with E-state index in [4.69, 9.17) is 4.52 Å². The predicted octanol–water partition coefficient (Wildman–Crippen LogP) is 2.91. The molecule has 3 aromatic rings. The van der Waals surface area contributed by atoms with Crippen LogP contribution >= 0.6 is 0 Å². The highest BCUT2D eigenvalue weighted by molar-refractivity contribution is 5.89. The van der Waals surface area contributed by atoms with Gasteiger partial charge in [-0.25, -0.2) is 0 Å². The molecule has 1 N–H and O–H groups in total. The highest BCUT2D eigenvalue weighted by atomic mass is 16.5. The zero-order valence-electron chi connectivity index (χ0n) is 18.3. The van der Waals surface area contributed by atoms with Crippen molar-refractivity contribution >= 4 is 22.7 Å². The highest BCUT2D eigenvalue weighted by Crippen LogP contribution is 2.22. The second kappa shape index (κ2) is 8.91. The molecule has 4 rings (SSSR count). The largest absolute Gasteiger partial charge is 0.361 e. The van der Waals surface area contributed by atoms with Gasteiger partial charge in [-0.15, -0.1) is 0 Å². The lowest BCUT2D eigenvalue weighted by molar-refractivity contribution is -0.133. The van der Waals surface area contributed by atoms with Crippen molar-refractivity contribution in [2.45, 2.75) is 52.0 Å². The van der Waals surface area contributed by atoms with Crippen LogP contribution in [0.15, 0.2) is 35.0 Å². The molecule has 0 saturated carbocycles. The van der Waals surface area contributed by atoms with Gasteiger partial charge >= 0.3 is 0 Å². The lowest BCUT2D eigenvalue weighted by Crippen LogP contribution is -2.43. The van der Waals surface area contributed by atoms with Gasteiger partial charge in [0.2, 0.25) is 17.7 Å². The number of para-hydroxylation sites is 1. The standard InChI is InChI=1S/C23H29N5O3/c1-15(2)23-25-21(26-31-23)9-11-28(16(3)29)18-8-10-27(14-18)22(30)12-17-13-24-20-7-5-4-6-19(17)20/h4-7,13,15,18,24H,8-12,14H2,1-3H3. The number of carbonyl (C=O) groups is 2. The maximum atomic E-state index is 12.9. The van der Waals surface area contributed by atoms with Gasteiger partial charge in [-0.3, -0.25) is 9.59 Å². The predicted molar refractivity (Wildman–Crippen MR) is 116 cm³/mol. The molecule has 2 aromatic heterocycles. The summed E-state index contributed by atoms with van der Waals surface area (Å²) in [5, 5.41) is 5.09. The van der Waals surface area contributed by atoms with Gasteiger partial charge in [0.1, 0.15) is 0 Å². The number of aromatic amines is 1. The summed E-state index contributed by atoms with van der Waals surface area (Å²) in [4.78, 5) is 36.5. The fourth-order valence-corrected chi connectivity index (χ4v) is 4.20. The van der Waals surface area contributed by atoms with Crippen LogP contribution in [0.5, 0.6) is 0 Å². The molecule has 31 heavy (non-hydrogen) atoms. The molecule has 0 radical (unpaired) electrons. The first-order valence-electron chi connectivity index (χ1n) is 10.8. The normalized spacial score (nSPS) is 16.4. The van der Waals surface area contributed by atoms with Gasteiger partial charge in [-0.05, 0) is 18.1 Å².